The molecule has 0 saturated heterocycles. The molecule has 6 nitrogen and oxygen atoms in total. The third-order valence-electron chi connectivity index (χ3n) is 3.79. The predicted octanol–water partition coefficient (Wildman–Crippen LogP) is 2.07. The summed E-state index contributed by atoms with van der Waals surface area (Å²) in [7, 11) is 1.73. The van der Waals surface area contributed by atoms with Gasteiger partial charge in [0.05, 0.1) is 11.0 Å². The number of rotatable bonds is 4. The Morgan fingerprint density at radius 2 is 1.91 bits per heavy atom. The second-order valence-electron chi connectivity index (χ2n) is 5.50. The van der Waals surface area contributed by atoms with Crippen LogP contribution in [0.25, 0.3) is 11.0 Å². The SMILES string of the molecule is Cc1ccc(NC(=O)CCn2c(=O)n(C)c3ccccc32)nc1. The number of aryl methyl sites for hydroxylation is 3. The molecule has 0 fully saturated rings. The van der Waals surface area contributed by atoms with E-state index < -0.39 is 0 Å². The molecule has 6 heteroatoms. The molecule has 0 spiro atoms. The van der Waals surface area contributed by atoms with Crippen molar-refractivity contribution in [3.63, 3.8) is 0 Å². The molecule has 0 bridgehead atoms. The lowest BCUT2D eigenvalue weighted by atomic mass is 10.3. The molecule has 2 heterocycles. The number of para-hydroxylation sites is 2. The second kappa shape index (κ2) is 6.08. The molecular weight excluding hydrogens is 292 g/mol. The Bertz CT molecular complexity index is 906. The maximum atomic E-state index is 12.3. The van der Waals surface area contributed by atoms with Crippen LogP contribution in [0.1, 0.15) is 12.0 Å². The van der Waals surface area contributed by atoms with Crippen LogP contribution in [0.4, 0.5) is 5.82 Å². The highest BCUT2D eigenvalue weighted by atomic mass is 16.2. The van der Waals surface area contributed by atoms with E-state index in [9.17, 15) is 9.59 Å². The normalized spacial score (nSPS) is 10.9. The number of carbonyl (C=O) groups is 1. The highest BCUT2D eigenvalue weighted by molar-refractivity contribution is 5.89. The van der Waals surface area contributed by atoms with Crippen LogP contribution in [0.15, 0.2) is 47.4 Å². The van der Waals surface area contributed by atoms with Crippen LogP contribution in [0.3, 0.4) is 0 Å². The van der Waals surface area contributed by atoms with Crippen molar-refractivity contribution in [3.8, 4) is 0 Å². The van der Waals surface area contributed by atoms with Gasteiger partial charge in [-0.2, -0.15) is 0 Å². The van der Waals surface area contributed by atoms with E-state index in [-0.39, 0.29) is 18.0 Å². The lowest BCUT2D eigenvalue weighted by Crippen LogP contribution is -2.24. The molecular formula is C17H18N4O2. The Kier molecular flexibility index (Phi) is 3.97. The van der Waals surface area contributed by atoms with Crippen molar-refractivity contribution in [2.45, 2.75) is 19.9 Å². The van der Waals surface area contributed by atoms with Gasteiger partial charge in [-0.25, -0.2) is 9.78 Å². The van der Waals surface area contributed by atoms with Gasteiger partial charge in [-0.3, -0.25) is 13.9 Å². The van der Waals surface area contributed by atoms with Gasteiger partial charge in [-0.1, -0.05) is 18.2 Å². The first-order chi connectivity index (χ1) is 11.1. The van der Waals surface area contributed by atoms with Crippen LogP contribution in [0, 0.1) is 6.92 Å². The van der Waals surface area contributed by atoms with E-state index in [1.165, 1.54) is 0 Å². The minimum atomic E-state index is -0.166. The van der Waals surface area contributed by atoms with Gasteiger partial charge in [0.1, 0.15) is 5.82 Å². The molecule has 0 aliphatic carbocycles. The van der Waals surface area contributed by atoms with Gasteiger partial charge in [0, 0.05) is 26.2 Å². The number of pyridine rings is 1. The van der Waals surface area contributed by atoms with E-state index in [4.69, 9.17) is 0 Å². The van der Waals surface area contributed by atoms with Crippen LogP contribution in [0.2, 0.25) is 0 Å². The summed E-state index contributed by atoms with van der Waals surface area (Å²) in [5, 5.41) is 2.74. The van der Waals surface area contributed by atoms with E-state index in [0.29, 0.717) is 12.4 Å². The van der Waals surface area contributed by atoms with Crippen LogP contribution in [-0.4, -0.2) is 20.0 Å². The Hall–Kier alpha value is -2.89. The van der Waals surface area contributed by atoms with Gasteiger partial charge in [0.25, 0.3) is 0 Å². The average Bonchev–Trinajstić information content (AvgIpc) is 2.80. The first kappa shape index (κ1) is 15.0. The molecule has 0 aliphatic heterocycles. The highest BCUT2D eigenvalue weighted by Gasteiger charge is 2.11. The van der Waals surface area contributed by atoms with Crippen molar-refractivity contribution in [3.05, 3.63) is 58.6 Å². The molecule has 3 aromatic rings. The predicted molar refractivity (Wildman–Crippen MR) is 89.4 cm³/mol. The molecule has 3 rings (SSSR count). The number of amides is 1. The number of benzene rings is 1. The smallest absolute Gasteiger partial charge is 0.311 e. The summed E-state index contributed by atoms with van der Waals surface area (Å²) < 4.78 is 3.21. The number of imidazole rings is 1. The molecule has 1 N–H and O–H groups in total. The van der Waals surface area contributed by atoms with Crippen LogP contribution in [0.5, 0.6) is 0 Å². The van der Waals surface area contributed by atoms with Crippen LogP contribution in [-0.2, 0) is 18.4 Å². The van der Waals surface area contributed by atoms with E-state index in [1.807, 2.05) is 37.3 Å². The zero-order chi connectivity index (χ0) is 16.4. The topological polar surface area (TPSA) is 68.9 Å². The number of carbonyl (C=O) groups excluding carboxylic acids is 1. The standard InChI is InChI=1S/C17H18N4O2/c1-12-7-8-15(18-11-12)19-16(22)9-10-21-14-6-4-3-5-13(14)20(2)17(21)23/h3-8,11H,9-10H2,1-2H3,(H,18,19,22). The number of aromatic nitrogens is 3. The second-order valence-corrected chi connectivity index (χ2v) is 5.50. The first-order valence-corrected chi connectivity index (χ1v) is 7.43. The lowest BCUT2D eigenvalue weighted by Gasteiger charge is -2.05. The number of hydrogen-bond acceptors (Lipinski definition) is 3. The van der Waals surface area contributed by atoms with Crippen molar-refractivity contribution in [1.82, 2.24) is 14.1 Å². The zero-order valence-electron chi connectivity index (χ0n) is 13.1. The van der Waals surface area contributed by atoms with Gasteiger partial charge in [0.2, 0.25) is 5.91 Å². The molecule has 0 unspecified atom stereocenters. The Labute approximate surface area is 133 Å². The first-order valence-electron chi connectivity index (χ1n) is 7.43. The Morgan fingerprint density at radius 3 is 2.61 bits per heavy atom. The van der Waals surface area contributed by atoms with E-state index in [0.717, 1.165) is 16.6 Å². The third-order valence-corrected chi connectivity index (χ3v) is 3.79. The largest absolute Gasteiger partial charge is 0.328 e. The molecule has 0 aliphatic rings. The fraction of sp³-hybridized carbons (Fsp3) is 0.235. The molecule has 2 aromatic heterocycles. The average molecular weight is 310 g/mol. The van der Waals surface area contributed by atoms with Crippen molar-refractivity contribution >= 4 is 22.8 Å². The fourth-order valence-corrected chi connectivity index (χ4v) is 2.54. The van der Waals surface area contributed by atoms with Gasteiger partial charge in [0.15, 0.2) is 0 Å². The van der Waals surface area contributed by atoms with E-state index in [1.54, 1.807) is 28.4 Å². The van der Waals surface area contributed by atoms with Gasteiger partial charge >= 0.3 is 5.69 Å². The summed E-state index contributed by atoms with van der Waals surface area (Å²) in [6.45, 7) is 2.27. The van der Waals surface area contributed by atoms with Crippen molar-refractivity contribution in [1.29, 1.82) is 0 Å². The van der Waals surface area contributed by atoms with Crippen molar-refractivity contribution in [2.75, 3.05) is 5.32 Å². The van der Waals surface area contributed by atoms with E-state index in [2.05, 4.69) is 10.3 Å². The van der Waals surface area contributed by atoms with Gasteiger partial charge in [-0.05, 0) is 30.7 Å². The van der Waals surface area contributed by atoms with Crippen LogP contribution < -0.4 is 11.0 Å². The summed E-state index contributed by atoms with van der Waals surface area (Å²) in [6.07, 6.45) is 1.91. The Morgan fingerprint density at radius 1 is 1.17 bits per heavy atom. The molecule has 0 atom stereocenters. The number of fused-ring (bicyclic) bond motifs is 1. The summed E-state index contributed by atoms with van der Waals surface area (Å²) in [6, 6.07) is 11.2. The molecule has 118 valence electrons. The summed E-state index contributed by atoms with van der Waals surface area (Å²) in [4.78, 5) is 28.5. The molecule has 0 saturated carbocycles. The quantitative estimate of drug-likeness (QED) is 0.802. The Balaban J connectivity index is 1.73. The summed E-state index contributed by atoms with van der Waals surface area (Å²) in [5.74, 6) is 0.354. The number of hydrogen-bond donors (Lipinski definition) is 1. The monoisotopic (exact) mass is 310 g/mol. The minimum absolute atomic E-state index is 0.118. The number of anilines is 1. The van der Waals surface area contributed by atoms with Gasteiger partial charge < -0.3 is 5.32 Å². The van der Waals surface area contributed by atoms with Crippen molar-refractivity contribution < 1.29 is 4.79 Å². The maximum absolute atomic E-state index is 12.3. The molecule has 1 aromatic carbocycles. The lowest BCUT2D eigenvalue weighted by molar-refractivity contribution is -0.116. The van der Waals surface area contributed by atoms with Gasteiger partial charge in [-0.15, -0.1) is 0 Å². The number of nitrogens with one attached hydrogen (secondary N) is 1. The third kappa shape index (κ3) is 3.01. The van der Waals surface area contributed by atoms with Crippen LogP contribution >= 0.6 is 0 Å². The molecule has 1 amide bonds. The zero-order valence-corrected chi connectivity index (χ0v) is 13.1. The summed E-state index contributed by atoms with van der Waals surface area (Å²) in [5.41, 5.74) is 2.61. The maximum Gasteiger partial charge on any atom is 0.328 e. The van der Waals surface area contributed by atoms with E-state index >= 15 is 0 Å². The fourth-order valence-electron chi connectivity index (χ4n) is 2.54. The van der Waals surface area contributed by atoms with Crippen molar-refractivity contribution in [2.24, 2.45) is 7.05 Å². The minimum Gasteiger partial charge on any atom is -0.311 e. The number of nitrogens with zero attached hydrogens (tertiary/aromatic N) is 3. The summed E-state index contributed by atoms with van der Waals surface area (Å²) >= 11 is 0. The highest BCUT2D eigenvalue weighted by Crippen LogP contribution is 2.12. The molecule has 0 radical (unpaired) electrons. The molecule has 23 heavy (non-hydrogen) atoms.